The molecule has 0 saturated heterocycles. The largest absolute Gasteiger partial charge is 0.479 e. The molecule has 2 rings (SSSR count). The van der Waals surface area contributed by atoms with Crippen molar-refractivity contribution in [1.82, 2.24) is 14.7 Å². The molecule has 0 aliphatic rings. The number of hydrogen-bond acceptors (Lipinski definition) is 5. The summed E-state index contributed by atoms with van der Waals surface area (Å²) in [5.41, 5.74) is 0.647. The summed E-state index contributed by atoms with van der Waals surface area (Å²) < 4.78 is 6.55. The molecule has 2 N–H and O–H groups in total. The number of ether oxygens (including phenoxy) is 1. The lowest BCUT2D eigenvalue weighted by Gasteiger charge is -2.10. The predicted molar refractivity (Wildman–Crippen MR) is 68.2 cm³/mol. The molecular formula is C11H13N3O4S. The molecule has 0 aliphatic heterocycles. The number of rotatable bonds is 6. The number of carbonyl (C=O) groups is 2. The molecule has 2 aromatic rings. The van der Waals surface area contributed by atoms with E-state index in [-0.39, 0.29) is 18.9 Å². The molecule has 19 heavy (non-hydrogen) atoms. The maximum Gasteiger partial charge on any atom is 0.334 e. The highest BCUT2D eigenvalue weighted by Gasteiger charge is 2.17. The van der Waals surface area contributed by atoms with Gasteiger partial charge >= 0.3 is 5.97 Å². The van der Waals surface area contributed by atoms with E-state index < -0.39 is 12.1 Å². The number of nitrogens with one attached hydrogen (secondary N) is 1. The van der Waals surface area contributed by atoms with E-state index in [9.17, 15) is 9.59 Å². The quantitative estimate of drug-likeness (QED) is 0.787. The van der Waals surface area contributed by atoms with Gasteiger partial charge in [-0.15, -0.1) is 11.3 Å². The molecule has 0 aromatic carbocycles. The number of carboxylic acids is 1. The normalized spacial score (nSPS) is 12.5. The van der Waals surface area contributed by atoms with E-state index in [0.717, 1.165) is 4.96 Å². The van der Waals surface area contributed by atoms with E-state index in [1.54, 1.807) is 6.20 Å². The first kappa shape index (κ1) is 13.5. The van der Waals surface area contributed by atoms with Gasteiger partial charge < -0.3 is 15.2 Å². The molecule has 0 radical (unpaired) electrons. The molecule has 1 unspecified atom stereocenters. The first-order valence-electron chi connectivity index (χ1n) is 5.53. The lowest BCUT2D eigenvalue weighted by Crippen LogP contribution is -2.38. The topological polar surface area (TPSA) is 92.9 Å². The fourth-order valence-electron chi connectivity index (χ4n) is 1.57. The van der Waals surface area contributed by atoms with Gasteiger partial charge in [0, 0.05) is 24.9 Å². The third kappa shape index (κ3) is 3.30. The van der Waals surface area contributed by atoms with E-state index in [1.807, 2.05) is 16.0 Å². The lowest BCUT2D eigenvalue weighted by atomic mass is 10.3. The summed E-state index contributed by atoms with van der Waals surface area (Å²) in [4.78, 5) is 27.4. The number of methoxy groups -OCH3 is 1. The molecule has 7 nitrogen and oxygen atoms in total. The van der Waals surface area contributed by atoms with Crippen LogP contribution in [-0.2, 0) is 20.7 Å². The average molecular weight is 283 g/mol. The summed E-state index contributed by atoms with van der Waals surface area (Å²) >= 11 is 1.48. The van der Waals surface area contributed by atoms with Crippen LogP contribution < -0.4 is 5.32 Å². The van der Waals surface area contributed by atoms with E-state index >= 15 is 0 Å². The molecule has 2 heterocycles. The Morgan fingerprint density at radius 2 is 2.42 bits per heavy atom. The maximum absolute atomic E-state index is 11.6. The van der Waals surface area contributed by atoms with Gasteiger partial charge in [-0.2, -0.15) is 0 Å². The highest BCUT2D eigenvalue weighted by molar-refractivity contribution is 7.15. The van der Waals surface area contributed by atoms with Crippen LogP contribution in [0.3, 0.4) is 0 Å². The summed E-state index contributed by atoms with van der Waals surface area (Å²) in [6.07, 6.45) is 2.72. The van der Waals surface area contributed by atoms with Gasteiger partial charge in [-0.05, 0) is 0 Å². The number of aromatic nitrogens is 2. The second kappa shape index (κ2) is 5.81. The third-order valence-corrected chi connectivity index (χ3v) is 3.30. The zero-order chi connectivity index (χ0) is 13.8. The molecule has 1 atom stereocenters. The molecule has 8 heteroatoms. The molecule has 0 aliphatic carbocycles. The molecule has 0 saturated carbocycles. The fraction of sp³-hybridized carbons (Fsp3) is 0.364. The van der Waals surface area contributed by atoms with Gasteiger partial charge in [0.05, 0.1) is 18.7 Å². The maximum atomic E-state index is 11.6. The summed E-state index contributed by atoms with van der Waals surface area (Å²) in [7, 11) is 1.29. The van der Waals surface area contributed by atoms with E-state index in [0.29, 0.717) is 5.69 Å². The molecule has 2 aromatic heterocycles. The van der Waals surface area contributed by atoms with E-state index in [4.69, 9.17) is 9.84 Å². The minimum absolute atomic E-state index is 0.0626. The Morgan fingerprint density at radius 1 is 1.63 bits per heavy atom. The van der Waals surface area contributed by atoms with Crippen LogP contribution in [0.5, 0.6) is 0 Å². The van der Waals surface area contributed by atoms with Crippen LogP contribution in [0.4, 0.5) is 0 Å². The van der Waals surface area contributed by atoms with Crippen LogP contribution >= 0.6 is 11.3 Å². The number of aliphatic carboxylic acids is 1. The van der Waals surface area contributed by atoms with Crippen LogP contribution in [0.25, 0.3) is 4.96 Å². The Kier molecular flexibility index (Phi) is 4.13. The SMILES string of the molecule is COC(CNC(=O)Cc1cn2ccsc2n1)C(=O)O. The Balaban J connectivity index is 1.87. The first-order chi connectivity index (χ1) is 9.10. The molecule has 1 amide bonds. The van der Waals surface area contributed by atoms with Crippen LogP contribution in [0, 0.1) is 0 Å². The Bertz CT molecular complexity index is 563. The molecule has 102 valence electrons. The van der Waals surface area contributed by atoms with Gasteiger partial charge in [-0.25, -0.2) is 9.78 Å². The number of nitrogens with zero attached hydrogens (tertiary/aromatic N) is 2. The number of carboxylic acid groups (broad SMARTS) is 1. The van der Waals surface area contributed by atoms with Crippen LogP contribution in [0.15, 0.2) is 17.8 Å². The second-order valence-electron chi connectivity index (χ2n) is 3.87. The van der Waals surface area contributed by atoms with Crippen molar-refractivity contribution in [2.45, 2.75) is 12.5 Å². The predicted octanol–water partition coefficient (Wildman–Crippen LogP) is 0.154. The van der Waals surface area contributed by atoms with Crippen molar-refractivity contribution in [3.63, 3.8) is 0 Å². The summed E-state index contributed by atoms with van der Waals surface area (Å²) in [5.74, 6) is -1.39. The Labute approximate surface area is 112 Å². The highest BCUT2D eigenvalue weighted by Crippen LogP contribution is 2.11. The van der Waals surface area contributed by atoms with E-state index in [2.05, 4.69) is 10.3 Å². The summed E-state index contributed by atoms with van der Waals surface area (Å²) in [6, 6.07) is 0. The molecule has 0 bridgehead atoms. The lowest BCUT2D eigenvalue weighted by molar-refractivity contribution is -0.148. The number of amides is 1. The van der Waals surface area contributed by atoms with Gasteiger partial charge in [0.2, 0.25) is 5.91 Å². The van der Waals surface area contributed by atoms with Crippen molar-refractivity contribution in [2.24, 2.45) is 0 Å². The second-order valence-corrected chi connectivity index (χ2v) is 4.74. The zero-order valence-corrected chi connectivity index (χ0v) is 11.0. The minimum atomic E-state index is -1.11. The zero-order valence-electron chi connectivity index (χ0n) is 10.2. The van der Waals surface area contributed by atoms with Crippen molar-refractivity contribution in [3.05, 3.63) is 23.5 Å². The van der Waals surface area contributed by atoms with Crippen LogP contribution in [0.2, 0.25) is 0 Å². The average Bonchev–Trinajstić information content (AvgIpc) is 2.89. The standard InChI is InChI=1S/C11H13N3O4S/c1-18-8(10(16)17)5-12-9(15)4-7-6-14-2-3-19-11(14)13-7/h2-3,6,8H,4-5H2,1H3,(H,12,15)(H,16,17). The van der Waals surface area contributed by atoms with Gasteiger partial charge in [0.15, 0.2) is 11.1 Å². The molecule has 0 spiro atoms. The van der Waals surface area contributed by atoms with E-state index in [1.165, 1.54) is 18.4 Å². The van der Waals surface area contributed by atoms with Crippen molar-refractivity contribution in [2.75, 3.05) is 13.7 Å². The van der Waals surface area contributed by atoms with Crippen molar-refractivity contribution < 1.29 is 19.4 Å². The number of fused-ring (bicyclic) bond motifs is 1. The highest BCUT2D eigenvalue weighted by atomic mass is 32.1. The summed E-state index contributed by atoms with van der Waals surface area (Å²) in [5, 5.41) is 13.2. The summed E-state index contributed by atoms with van der Waals surface area (Å²) in [6.45, 7) is -0.0626. The number of imidazole rings is 1. The van der Waals surface area contributed by atoms with Crippen molar-refractivity contribution >= 4 is 28.2 Å². The number of carbonyl (C=O) groups excluding carboxylic acids is 1. The van der Waals surface area contributed by atoms with Gasteiger partial charge in [0.25, 0.3) is 0 Å². The van der Waals surface area contributed by atoms with Crippen molar-refractivity contribution in [3.8, 4) is 0 Å². The third-order valence-electron chi connectivity index (χ3n) is 2.53. The number of hydrogen-bond donors (Lipinski definition) is 2. The minimum Gasteiger partial charge on any atom is -0.479 e. The molecule has 0 fully saturated rings. The van der Waals surface area contributed by atoms with Crippen LogP contribution in [0.1, 0.15) is 5.69 Å². The number of thiazole rings is 1. The molecular weight excluding hydrogens is 270 g/mol. The fourth-order valence-corrected chi connectivity index (χ4v) is 2.29. The Morgan fingerprint density at radius 3 is 3.05 bits per heavy atom. The monoisotopic (exact) mass is 283 g/mol. The van der Waals surface area contributed by atoms with Crippen LogP contribution in [-0.4, -0.2) is 46.1 Å². The Hall–Kier alpha value is -1.93. The first-order valence-corrected chi connectivity index (χ1v) is 6.41. The van der Waals surface area contributed by atoms with Crippen molar-refractivity contribution in [1.29, 1.82) is 0 Å². The van der Waals surface area contributed by atoms with Gasteiger partial charge in [-0.1, -0.05) is 0 Å². The smallest absolute Gasteiger partial charge is 0.334 e. The van der Waals surface area contributed by atoms with Gasteiger partial charge in [-0.3, -0.25) is 9.20 Å². The van der Waals surface area contributed by atoms with Gasteiger partial charge in [0.1, 0.15) is 0 Å².